The third kappa shape index (κ3) is 6.89. The minimum absolute atomic E-state index is 0.425. The predicted octanol–water partition coefficient (Wildman–Crippen LogP) is 6.54. The summed E-state index contributed by atoms with van der Waals surface area (Å²) in [7, 11) is 0. The molecule has 0 aliphatic heterocycles. The second kappa shape index (κ2) is 11.8. The highest BCUT2D eigenvalue weighted by Gasteiger charge is 2.13. The molecule has 0 aliphatic rings. The fourth-order valence-electron chi connectivity index (χ4n) is 3.28. The summed E-state index contributed by atoms with van der Waals surface area (Å²) in [4.78, 5) is 0. The molecule has 0 radical (unpaired) electrons. The maximum Gasteiger partial charge on any atom is 0.175 e. The second-order valence-corrected chi connectivity index (χ2v) is 8.27. The van der Waals surface area contributed by atoms with Gasteiger partial charge in [0.2, 0.25) is 0 Å². The summed E-state index contributed by atoms with van der Waals surface area (Å²) >= 11 is 3.68. The van der Waals surface area contributed by atoms with E-state index >= 15 is 0 Å². The Hall–Kier alpha value is -2.30. The van der Waals surface area contributed by atoms with Crippen molar-refractivity contribution in [1.82, 2.24) is 5.32 Å². The van der Waals surface area contributed by atoms with E-state index in [1.54, 1.807) is 0 Å². The third-order valence-electron chi connectivity index (χ3n) is 4.96. The Morgan fingerprint density at radius 2 is 1.53 bits per heavy atom. The molecular weight excluding hydrogens is 438 g/mol. The van der Waals surface area contributed by atoms with Crippen molar-refractivity contribution in [2.24, 2.45) is 0 Å². The zero-order valence-electron chi connectivity index (χ0n) is 17.7. The first-order valence-electron chi connectivity index (χ1n) is 10.5. The first-order chi connectivity index (χ1) is 14.7. The van der Waals surface area contributed by atoms with Crippen LogP contribution in [0.4, 0.5) is 0 Å². The third-order valence-corrected chi connectivity index (χ3v) is 5.55. The number of hydrogen-bond acceptors (Lipinski definition) is 3. The van der Waals surface area contributed by atoms with E-state index in [9.17, 15) is 0 Å². The van der Waals surface area contributed by atoms with E-state index in [4.69, 9.17) is 9.47 Å². The monoisotopic (exact) mass is 467 g/mol. The van der Waals surface area contributed by atoms with Crippen LogP contribution in [0.1, 0.15) is 37.0 Å². The van der Waals surface area contributed by atoms with Gasteiger partial charge in [-0.1, -0.05) is 60.7 Å². The smallest absolute Gasteiger partial charge is 0.175 e. The fourth-order valence-corrected chi connectivity index (χ4v) is 3.88. The van der Waals surface area contributed by atoms with Crippen molar-refractivity contribution in [3.63, 3.8) is 0 Å². The first-order valence-corrected chi connectivity index (χ1v) is 11.3. The molecule has 3 nitrogen and oxygen atoms in total. The fraction of sp³-hybridized carbons (Fsp3) is 0.308. The van der Waals surface area contributed by atoms with Gasteiger partial charge in [0.15, 0.2) is 11.5 Å². The number of aryl methyl sites for hydroxylation is 1. The van der Waals surface area contributed by atoms with E-state index in [0.29, 0.717) is 19.3 Å². The second-order valence-electron chi connectivity index (χ2n) is 7.42. The van der Waals surface area contributed by atoms with Crippen LogP contribution in [0.3, 0.4) is 0 Å². The zero-order valence-corrected chi connectivity index (χ0v) is 19.3. The molecule has 3 rings (SSSR count). The molecule has 3 aromatic rings. The molecule has 3 aromatic carbocycles. The normalized spacial score (nSPS) is 11.8. The summed E-state index contributed by atoms with van der Waals surface area (Å²) in [6, 6.07) is 25.4. The lowest BCUT2D eigenvalue weighted by Crippen LogP contribution is -2.26. The van der Waals surface area contributed by atoms with Crippen LogP contribution in [0.25, 0.3) is 0 Å². The average Bonchev–Trinajstić information content (AvgIpc) is 2.77. The van der Waals surface area contributed by atoms with Crippen LogP contribution in [0.2, 0.25) is 0 Å². The maximum atomic E-state index is 6.08. The van der Waals surface area contributed by atoms with Gasteiger partial charge in [0, 0.05) is 12.6 Å². The molecule has 0 saturated heterocycles. The van der Waals surface area contributed by atoms with Gasteiger partial charge in [-0.3, -0.25) is 0 Å². The van der Waals surface area contributed by atoms with Crippen molar-refractivity contribution in [3.05, 3.63) is 94.0 Å². The minimum atomic E-state index is 0.425. The predicted molar refractivity (Wildman–Crippen MR) is 127 cm³/mol. The Balaban J connectivity index is 1.59. The zero-order chi connectivity index (χ0) is 21.2. The largest absolute Gasteiger partial charge is 0.490 e. The summed E-state index contributed by atoms with van der Waals surface area (Å²) in [6.45, 7) is 6.12. The van der Waals surface area contributed by atoms with Gasteiger partial charge in [0.25, 0.3) is 0 Å². The molecule has 1 N–H and O–H groups in total. The lowest BCUT2D eigenvalue weighted by molar-refractivity contribution is 0.267. The maximum absolute atomic E-state index is 6.08. The highest BCUT2D eigenvalue weighted by atomic mass is 79.9. The molecule has 0 fully saturated rings. The number of hydrogen-bond donors (Lipinski definition) is 1. The molecule has 0 unspecified atom stereocenters. The molecule has 0 heterocycles. The van der Waals surface area contributed by atoms with Crippen LogP contribution in [-0.2, 0) is 19.6 Å². The van der Waals surface area contributed by atoms with Gasteiger partial charge in [-0.15, -0.1) is 0 Å². The van der Waals surface area contributed by atoms with Crippen molar-refractivity contribution in [1.29, 1.82) is 0 Å². The SMILES string of the molecule is CCOc1cc(CN[C@H](C)CCc2ccccc2)cc(Br)c1OCc1ccccc1. The van der Waals surface area contributed by atoms with Gasteiger partial charge in [-0.25, -0.2) is 0 Å². The van der Waals surface area contributed by atoms with E-state index in [0.717, 1.165) is 40.9 Å². The van der Waals surface area contributed by atoms with Crippen molar-refractivity contribution in [2.75, 3.05) is 6.61 Å². The molecular formula is C26H30BrNO2. The van der Waals surface area contributed by atoms with Gasteiger partial charge < -0.3 is 14.8 Å². The minimum Gasteiger partial charge on any atom is -0.490 e. The number of benzene rings is 3. The van der Waals surface area contributed by atoms with Crippen LogP contribution < -0.4 is 14.8 Å². The van der Waals surface area contributed by atoms with E-state index in [1.165, 1.54) is 11.1 Å². The average molecular weight is 468 g/mol. The van der Waals surface area contributed by atoms with Gasteiger partial charge in [-0.2, -0.15) is 0 Å². The summed E-state index contributed by atoms with van der Waals surface area (Å²) in [5.41, 5.74) is 3.68. The highest BCUT2D eigenvalue weighted by Crippen LogP contribution is 2.37. The molecule has 0 saturated carbocycles. The molecule has 1 atom stereocenters. The van der Waals surface area contributed by atoms with Gasteiger partial charge in [0.05, 0.1) is 11.1 Å². The van der Waals surface area contributed by atoms with Crippen molar-refractivity contribution in [3.8, 4) is 11.5 Å². The number of ether oxygens (including phenoxy) is 2. The Morgan fingerprint density at radius 3 is 2.20 bits per heavy atom. The van der Waals surface area contributed by atoms with Crippen LogP contribution in [0.5, 0.6) is 11.5 Å². The highest BCUT2D eigenvalue weighted by molar-refractivity contribution is 9.10. The lowest BCUT2D eigenvalue weighted by atomic mass is 10.1. The van der Waals surface area contributed by atoms with Crippen LogP contribution in [0, 0.1) is 0 Å². The lowest BCUT2D eigenvalue weighted by Gasteiger charge is -2.18. The Morgan fingerprint density at radius 1 is 0.867 bits per heavy atom. The summed E-state index contributed by atoms with van der Waals surface area (Å²) in [5, 5.41) is 3.63. The number of halogens is 1. The summed E-state index contributed by atoms with van der Waals surface area (Å²) in [5.74, 6) is 1.53. The Labute approximate surface area is 188 Å². The molecule has 4 heteroatoms. The summed E-state index contributed by atoms with van der Waals surface area (Å²) < 4.78 is 12.9. The van der Waals surface area contributed by atoms with Crippen molar-refractivity contribution < 1.29 is 9.47 Å². The van der Waals surface area contributed by atoms with E-state index in [2.05, 4.69) is 82.8 Å². The Bertz CT molecular complexity index is 900. The topological polar surface area (TPSA) is 30.5 Å². The Kier molecular flexibility index (Phi) is 8.79. The number of rotatable bonds is 11. The van der Waals surface area contributed by atoms with Gasteiger partial charge in [0.1, 0.15) is 6.61 Å². The van der Waals surface area contributed by atoms with E-state index < -0.39 is 0 Å². The van der Waals surface area contributed by atoms with Crippen LogP contribution in [0.15, 0.2) is 77.3 Å². The van der Waals surface area contributed by atoms with E-state index in [1.807, 2.05) is 25.1 Å². The molecule has 0 aliphatic carbocycles. The van der Waals surface area contributed by atoms with Gasteiger partial charge >= 0.3 is 0 Å². The molecule has 0 bridgehead atoms. The van der Waals surface area contributed by atoms with E-state index in [-0.39, 0.29) is 0 Å². The van der Waals surface area contributed by atoms with Crippen LogP contribution >= 0.6 is 15.9 Å². The standard InChI is InChI=1S/C26H30BrNO2/c1-3-29-25-17-23(18-28-20(2)14-15-21-10-6-4-7-11-21)16-24(27)26(25)30-19-22-12-8-5-9-13-22/h4-13,16-17,20,28H,3,14-15,18-19H2,1-2H3/t20-/m1/s1. The quantitative estimate of drug-likeness (QED) is 0.347. The molecule has 0 aromatic heterocycles. The first kappa shape index (κ1) is 22.4. The van der Waals surface area contributed by atoms with Gasteiger partial charge in [-0.05, 0) is 71.4 Å². The molecule has 30 heavy (non-hydrogen) atoms. The van der Waals surface area contributed by atoms with Crippen LogP contribution in [-0.4, -0.2) is 12.6 Å². The van der Waals surface area contributed by atoms with Crippen molar-refractivity contribution in [2.45, 2.75) is 45.9 Å². The summed E-state index contributed by atoms with van der Waals surface area (Å²) in [6.07, 6.45) is 2.18. The molecule has 158 valence electrons. The number of nitrogens with one attached hydrogen (secondary N) is 1. The molecule has 0 amide bonds. The van der Waals surface area contributed by atoms with Crippen molar-refractivity contribution >= 4 is 15.9 Å². The molecule has 0 spiro atoms.